The van der Waals surface area contributed by atoms with Crippen LogP contribution in [0.2, 0.25) is 0 Å². The highest BCUT2D eigenvalue weighted by atomic mass is 15.2. The van der Waals surface area contributed by atoms with E-state index in [1.54, 1.807) is 0 Å². The molecule has 3 heterocycles. The monoisotopic (exact) mass is 975 g/mol. The van der Waals surface area contributed by atoms with Crippen molar-refractivity contribution in [2.75, 3.05) is 9.80 Å². The minimum atomic E-state index is 0.585. The molecule has 0 bridgehead atoms. The van der Waals surface area contributed by atoms with Gasteiger partial charge >= 0.3 is 0 Å². The Morgan fingerprint density at radius 2 is 0.711 bits per heavy atom. The zero-order valence-corrected chi connectivity index (χ0v) is 41.5. The summed E-state index contributed by atoms with van der Waals surface area (Å²) in [6, 6.07) is 92.1. The smallest absolute Gasteiger partial charge is 0.166 e. The Hall–Kier alpha value is -10.1. The van der Waals surface area contributed by atoms with Crippen LogP contribution in [0.3, 0.4) is 0 Å². The normalized spacial score (nSPS) is 12.1. The van der Waals surface area contributed by atoms with Crippen LogP contribution in [0.5, 0.6) is 0 Å². The SMILES string of the molecule is C1=c2c(n(-c3ccccc3-c3nc(-c4ccccc4)nc(-c4ccccc4-n4c5ccccc5c5cc(N(c6ccccc6)c6ccccc6)ccc54)n3)c3ccc(N(c4ccccc4)c4ccccc4)cc23)=CCC1. The molecule has 14 rings (SSSR count). The molecule has 3 aromatic heterocycles. The van der Waals surface area contributed by atoms with Crippen LogP contribution in [-0.2, 0) is 0 Å². The summed E-state index contributed by atoms with van der Waals surface area (Å²) in [6.07, 6.45) is 6.71. The minimum Gasteiger partial charge on any atom is -0.310 e. The number of hydrogen-bond donors (Lipinski definition) is 0. The summed E-state index contributed by atoms with van der Waals surface area (Å²) < 4.78 is 4.78. The first-order chi connectivity index (χ1) is 37.7. The minimum absolute atomic E-state index is 0.585. The Morgan fingerprint density at radius 1 is 0.303 bits per heavy atom. The number of rotatable bonds is 11. The molecule has 0 saturated heterocycles. The van der Waals surface area contributed by atoms with Crippen LogP contribution >= 0.6 is 0 Å². The van der Waals surface area contributed by atoms with Crippen LogP contribution in [0.25, 0.3) is 90.4 Å². The highest BCUT2D eigenvalue weighted by molar-refractivity contribution is 6.11. The molecule has 7 heteroatoms. The van der Waals surface area contributed by atoms with Crippen LogP contribution in [-0.4, -0.2) is 24.1 Å². The van der Waals surface area contributed by atoms with Crippen molar-refractivity contribution < 1.29 is 0 Å². The summed E-state index contributed by atoms with van der Waals surface area (Å²) in [5, 5.41) is 5.90. The first kappa shape index (κ1) is 44.6. The van der Waals surface area contributed by atoms with E-state index < -0.39 is 0 Å². The predicted octanol–water partition coefficient (Wildman–Crippen LogP) is 16.2. The van der Waals surface area contributed by atoms with Crippen molar-refractivity contribution >= 4 is 79.0 Å². The van der Waals surface area contributed by atoms with Gasteiger partial charge in [-0.3, -0.25) is 0 Å². The van der Waals surface area contributed by atoms with Crippen LogP contribution in [0, 0.1) is 0 Å². The second-order valence-corrected chi connectivity index (χ2v) is 19.1. The fourth-order valence-corrected chi connectivity index (χ4v) is 11.2. The predicted molar refractivity (Wildman–Crippen MR) is 314 cm³/mol. The van der Waals surface area contributed by atoms with Gasteiger partial charge in [-0.1, -0.05) is 158 Å². The van der Waals surface area contributed by atoms with Crippen molar-refractivity contribution in [3.05, 3.63) is 271 Å². The molecule has 0 N–H and O–H groups in total. The van der Waals surface area contributed by atoms with Gasteiger partial charge in [-0.15, -0.1) is 0 Å². The van der Waals surface area contributed by atoms with Crippen LogP contribution in [0.15, 0.2) is 261 Å². The van der Waals surface area contributed by atoms with Gasteiger partial charge < -0.3 is 18.9 Å². The number of nitrogens with zero attached hydrogens (tertiary/aromatic N) is 7. The van der Waals surface area contributed by atoms with E-state index in [0.29, 0.717) is 17.5 Å². The molecule has 76 heavy (non-hydrogen) atoms. The topological polar surface area (TPSA) is 55.0 Å². The Labute approximate surface area is 440 Å². The van der Waals surface area contributed by atoms with E-state index in [1.807, 2.05) is 18.2 Å². The van der Waals surface area contributed by atoms with Crippen molar-refractivity contribution in [2.45, 2.75) is 12.8 Å². The summed E-state index contributed by atoms with van der Waals surface area (Å²) in [5.74, 6) is 1.78. The van der Waals surface area contributed by atoms with E-state index in [-0.39, 0.29) is 0 Å². The molecule has 0 fully saturated rings. The maximum absolute atomic E-state index is 5.52. The number of hydrogen-bond acceptors (Lipinski definition) is 5. The Kier molecular flexibility index (Phi) is 11.2. The van der Waals surface area contributed by atoms with Crippen LogP contribution < -0.4 is 20.4 Å². The van der Waals surface area contributed by atoms with Crippen molar-refractivity contribution in [3.8, 4) is 45.5 Å². The molecule has 1 aliphatic rings. The summed E-state index contributed by atoms with van der Waals surface area (Å²) in [5.41, 5.74) is 14.5. The molecule has 10 aromatic carbocycles. The highest BCUT2D eigenvalue weighted by Crippen LogP contribution is 2.42. The number of para-hydroxylation sites is 7. The van der Waals surface area contributed by atoms with E-state index >= 15 is 0 Å². The van der Waals surface area contributed by atoms with E-state index in [9.17, 15) is 0 Å². The molecule has 0 radical (unpaired) electrons. The van der Waals surface area contributed by atoms with E-state index in [0.717, 1.165) is 102 Å². The van der Waals surface area contributed by atoms with Gasteiger partial charge in [-0.2, -0.15) is 0 Å². The molecule has 1 aliphatic carbocycles. The van der Waals surface area contributed by atoms with Gasteiger partial charge in [0.25, 0.3) is 0 Å². The molecule has 0 unspecified atom stereocenters. The lowest BCUT2D eigenvalue weighted by atomic mass is 10.1. The average molecular weight is 976 g/mol. The molecular formula is C69H49N7. The average Bonchev–Trinajstić information content (AvgIpc) is 4.01. The standard InChI is InChI=1S/C69H49N7/c1-6-24-48(25-7-1)67-70-68(57-36-18-22-40-63(57)75-61-38-20-16-34-55(61)59-46-53(42-44-65(59)75)73(49-26-8-2-9-27-49)50-28-10-3-11-29-50)72-69(71-67)58-37-19-23-41-64(58)76-62-39-21-17-35-56(62)60-47-54(43-45-66(60)76)74(51-30-12-4-13-31-51)52-32-14-5-15-33-52/h1-16,18-20,22-47H,17,21H2. The zero-order chi connectivity index (χ0) is 50.4. The van der Waals surface area contributed by atoms with Crippen molar-refractivity contribution in [3.63, 3.8) is 0 Å². The summed E-state index contributed by atoms with van der Waals surface area (Å²) >= 11 is 0. The lowest BCUT2D eigenvalue weighted by Crippen LogP contribution is -2.30. The first-order valence-electron chi connectivity index (χ1n) is 25.9. The summed E-state index contributed by atoms with van der Waals surface area (Å²) in [7, 11) is 0. The third-order valence-electron chi connectivity index (χ3n) is 14.6. The van der Waals surface area contributed by atoms with E-state index in [2.05, 4.69) is 274 Å². The summed E-state index contributed by atoms with van der Waals surface area (Å²) in [6.45, 7) is 0. The van der Waals surface area contributed by atoms with Gasteiger partial charge in [0.15, 0.2) is 17.5 Å². The Balaban J connectivity index is 0.944. The Morgan fingerprint density at radius 3 is 1.26 bits per heavy atom. The highest BCUT2D eigenvalue weighted by Gasteiger charge is 2.24. The zero-order valence-electron chi connectivity index (χ0n) is 41.5. The van der Waals surface area contributed by atoms with Gasteiger partial charge in [0.05, 0.1) is 27.9 Å². The van der Waals surface area contributed by atoms with Crippen LogP contribution in [0.1, 0.15) is 12.8 Å². The van der Waals surface area contributed by atoms with E-state index in [1.165, 1.54) is 16.0 Å². The number of benzene rings is 10. The third kappa shape index (κ3) is 7.81. The van der Waals surface area contributed by atoms with Gasteiger partial charge in [0.1, 0.15) is 0 Å². The number of anilines is 6. The number of fused-ring (bicyclic) bond motifs is 6. The molecule has 0 aliphatic heterocycles. The maximum Gasteiger partial charge on any atom is 0.166 e. The molecule has 0 atom stereocenters. The van der Waals surface area contributed by atoms with Gasteiger partial charge in [-0.25, -0.2) is 15.0 Å². The molecule has 7 nitrogen and oxygen atoms in total. The quantitative estimate of drug-likeness (QED) is 0.129. The van der Waals surface area contributed by atoms with Crippen molar-refractivity contribution in [1.29, 1.82) is 0 Å². The van der Waals surface area contributed by atoms with Gasteiger partial charge in [-0.05, 0) is 128 Å². The molecule has 0 saturated carbocycles. The lowest BCUT2D eigenvalue weighted by molar-refractivity contribution is 1.01. The fraction of sp³-hybridized carbons (Fsp3) is 0.0290. The van der Waals surface area contributed by atoms with Gasteiger partial charge in [0.2, 0.25) is 0 Å². The molecule has 0 spiro atoms. The Bertz CT molecular complexity index is 4320. The molecule has 0 amide bonds. The second-order valence-electron chi connectivity index (χ2n) is 19.1. The molecular weight excluding hydrogens is 927 g/mol. The van der Waals surface area contributed by atoms with Crippen molar-refractivity contribution in [2.24, 2.45) is 0 Å². The van der Waals surface area contributed by atoms with Crippen LogP contribution in [0.4, 0.5) is 34.1 Å². The lowest BCUT2D eigenvalue weighted by Gasteiger charge is -2.25. The molecule has 13 aromatic rings. The van der Waals surface area contributed by atoms with E-state index in [4.69, 9.17) is 15.0 Å². The first-order valence-corrected chi connectivity index (χ1v) is 25.9. The number of aromatic nitrogens is 5. The largest absolute Gasteiger partial charge is 0.310 e. The van der Waals surface area contributed by atoms with Gasteiger partial charge in [0, 0.05) is 77.5 Å². The van der Waals surface area contributed by atoms with Crippen molar-refractivity contribution in [1.82, 2.24) is 24.1 Å². The second kappa shape index (κ2) is 19.1. The third-order valence-corrected chi connectivity index (χ3v) is 14.6. The molecule has 360 valence electrons. The maximum atomic E-state index is 5.52. The fourth-order valence-electron chi connectivity index (χ4n) is 11.2. The summed E-state index contributed by atoms with van der Waals surface area (Å²) in [4.78, 5) is 20.9.